The number of anilines is 1. The van der Waals surface area contributed by atoms with Gasteiger partial charge in [-0.05, 0) is 49.9 Å². The van der Waals surface area contributed by atoms with Gasteiger partial charge in [0.25, 0.3) is 11.5 Å². The van der Waals surface area contributed by atoms with Gasteiger partial charge in [0.05, 0.1) is 23.1 Å². The first-order chi connectivity index (χ1) is 13.5. The van der Waals surface area contributed by atoms with Crippen LogP contribution in [0, 0.1) is 13.8 Å². The molecule has 0 radical (unpaired) electrons. The van der Waals surface area contributed by atoms with Crippen molar-refractivity contribution < 1.29 is 9.53 Å². The maximum atomic E-state index is 13.1. The molecule has 1 aromatic carbocycles. The molecule has 28 heavy (non-hydrogen) atoms. The first-order valence-electron chi connectivity index (χ1n) is 9.48. The topological polar surface area (TPSA) is 73.2 Å². The largest absolute Gasteiger partial charge is 0.495 e. The molecule has 0 bridgehead atoms. The van der Waals surface area contributed by atoms with Crippen molar-refractivity contribution in [2.45, 2.75) is 46.1 Å². The molecule has 0 unspecified atom stereocenters. The Balaban J connectivity index is 1.76. The van der Waals surface area contributed by atoms with Gasteiger partial charge >= 0.3 is 0 Å². The van der Waals surface area contributed by atoms with Gasteiger partial charge in [-0.15, -0.1) is 11.3 Å². The second-order valence-corrected chi connectivity index (χ2v) is 8.19. The van der Waals surface area contributed by atoms with Crippen LogP contribution in [0.4, 0.5) is 5.69 Å². The number of hydrogen-bond donors (Lipinski definition) is 1. The number of nitrogens with one attached hydrogen (secondary N) is 1. The lowest BCUT2D eigenvalue weighted by molar-refractivity contribution is 0.102. The van der Waals surface area contributed by atoms with Gasteiger partial charge in [0.2, 0.25) is 0 Å². The molecular formula is C21H23N3O3S. The van der Waals surface area contributed by atoms with Crippen molar-refractivity contribution in [3.8, 4) is 5.75 Å². The molecule has 0 saturated carbocycles. The summed E-state index contributed by atoms with van der Waals surface area (Å²) in [5.41, 5.74) is 2.31. The van der Waals surface area contributed by atoms with Crippen LogP contribution in [0.2, 0.25) is 0 Å². The van der Waals surface area contributed by atoms with E-state index in [0.717, 1.165) is 37.1 Å². The van der Waals surface area contributed by atoms with Crippen LogP contribution in [0.3, 0.4) is 0 Å². The first kappa shape index (κ1) is 18.7. The Morgan fingerprint density at radius 1 is 1.25 bits per heavy atom. The van der Waals surface area contributed by atoms with Gasteiger partial charge in [-0.25, -0.2) is 4.98 Å². The third-order valence-corrected chi connectivity index (χ3v) is 6.41. The summed E-state index contributed by atoms with van der Waals surface area (Å²) in [7, 11) is 1.57. The fraction of sp³-hybridized carbons (Fsp3) is 0.381. The van der Waals surface area contributed by atoms with Gasteiger partial charge in [-0.2, -0.15) is 0 Å². The summed E-state index contributed by atoms with van der Waals surface area (Å²) in [6.45, 7) is 4.49. The Morgan fingerprint density at radius 2 is 2.07 bits per heavy atom. The van der Waals surface area contributed by atoms with Crippen molar-refractivity contribution in [2.75, 3.05) is 12.4 Å². The number of benzene rings is 1. The molecule has 0 aliphatic carbocycles. The number of rotatable bonds is 3. The van der Waals surface area contributed by atoms with Crippen LogP contribution >= 0.6 is 11.3 Å². The third-order valence-electron chi connectivity index (χ3n) is 5.22. The molecule has 3 heterocycles. The predicted octanol–water partition coefficient (Wildman–Crippen LogP) is 4.06. The molecule has 2 aromatic heterocycles. The number of hydrogen-bond acceptors (Lipinski definition) is 5. The number of fused-ring (bicyclic) bond motifs is 2. The smallest absolute Gasteiger partial charge is 0.266 e. The van der Waals surface area contributed by atoms with Crippen molar-refractivity contribution in [2.24, 2.45) is 0 Å². The van der Waals surface area contributed by atoms with E-state index in [2.05, 4.69) is 5.32 Å². The summed E-state index contributed by atoms with van der Waals surface area (Å²) in [5.74, 6) is 1.19. The van der Waals surface area contributed by atoms with E-state index in [1.54, 1.807) is 11.7 Å². The average Bonchev–Trinajstić information content (AvgIpc) is 2.84. The van der Waals surface area contributed by atoms with Gasteiger partial charge in [0, 0.05) is 13.0 Å². The van der Waals surface area contributed by atoms with Gasteiger partial charge < -0.3 is 10.1 Å². The Labute approximate surface area is 167 Å². The monoisotopic (exact) mass is 397 g/mol. The molecule has 6 nitrogen and oxygen atoms in total. The lowest BCUT2D eigenvalue weighted by atomic mass is 10.1. The van der Waals surface area contributed by atoms with Crippen molar-refractivity contribution in [3.05, 3.63) is 50.4 Å². The summed E-state index contributed by atoms with van der Waals surface area (Å²) < 4.78 is 7.14. The highest BCUT2D eigenvalue weighted by Gasteiger charge is 2.22. The van der Waals surface area contributed by atoms with E-state index in [-0.39, 0.29) is 11.5 Å². The van der Waals surface area contributed by atoms with Crippen LogP contribution in [0.5, 0.6) is 5.75 Å². The Hall–Kier alpha value is -2.67. The van der Waals surface area contributed by atoms with Crippen molar-refractivity contribution in [3.63, 3.8) is 0 Å². The van der Waals surface area contributed by atoms with Crippen LogP contribution in [-0.2, 0) is 13.0 Å². The Kier molecular flexibility index (Phi) is 4.93. The molecule has 0 fully saturated rings. The predicted molar refractivity (Wildman–Crippen MR) is 112 cm³/mol. The minimum Gasteiger partial charge on any atom is -0.495 e. The summed E-state index contributed by atoms with van der Waals surface area (Å²) in [6, 6.07) is 5.62. The van der Waals surface area contributed by atoms with E-state index in [9.17, 15) is 9.59 Å². The quantitative estimate of drug-likeness (QED) is 0.723. The Bertz CT molecular complexity index is 1130. The third kappa shape index (κ3) is 3.20. The number of carbonyl (C=O) groups excluding carboxylic acids is 1. The number of ether oxygens (including phenoxy) is 1. The van der Waals surface area contributed by atoms with E-state index in [4.69, 9.17) is 9.72 Å². The minimum atomic E-state index is -0.246. The van der Waals surface area contributed by atoms with Gasteiger partial charge in [0.15, 0.2) is 0 Å². The number of thiophene rings is 1. The number of nitrogens with zero attached hydrogens (tertiary/aromatic N) is 2. The van der Waals surface area contributed by atoms with Crippen molar-refractivity contribution >= 4 is 33.1 Å². The van der Waals surface area contributed by atoms with E-state index < -0.39 is 0 Å². The maximum Gasteiger partial charge on any atom is 0.266 e. The van der Waals surface area contributed by atoms with Crippen LogP contribution < -0.4 is 15.6 Å². The number of aryl methyl sites for hydroxylation is 3. The lowest BCUT2D eigenvalue weighted by Gasteiger charge is -2.10. The molecule has 4 rings (SSSR count). The minimum absolute atomic E-state index is 0.0252. The van der Waals surface area contributed by atoms with E-state index >= 15 is 0 Å². The van der Waals surface area contributed by atoms with Gasteiger partial charge in [-0.3, -0.25) is 14.2 Å². The second kappa shape index (κ2) is 7.39. The fourth-order valence-corrected chi connectivity index (χ4v) is 4.81. The molecule has 0 spiro atoms. The van der Waals surface area contributed by atoms with E-state index in [0.29, 0.717) is 38.6 Å². The molecule has 0 saturated heterocycles. The molecule has 0 atom stereocenters. The summed E-state index contributed by atoms with van der Waals surface area (Å²) >= 11 is 1.29. The standard InChI is InChI=1S/C21H23N3O3S/c1-12-8-9-15(27-3)14(11-12)22-19(25)18-13(2)17-20(28-18)23-16-7-5-4-6-10-24(16)21(17)26/h8-9,11H,4-7,10H2,1-3H3,(H,22,25). The average molecular weight is 398 g/mol. The number of amides is 1. The number of methoxy groups -OCH3 is 1. The van der Waals surface area contributed by atoms with E-state index in [1.807, 2.05) is 32.0 Å². The number of aromatic nitrogens is 2. The zero-order valence-corrected chi connectivity index (χ0v) is 17.1. The van der Waals surface area contributed by atoms with Crippen LogP contribution in [0.1, 0.15) is 45.9 Å². The summed E-state index contributed by atoms with van der Waals surface area (Å²) in [4.78, 5) is 31.9. The maximum absolute atomic E-state index is 13.1. The SMILES string of the molecule is COc1ccc(C)cc1NC(=O)c1sc2nc3n(c(=O)c2c1C)CCCCC3. The highest BCUT2D eigenvalue weighted by molar-refractivity contribution is 7.20. The highest BCUT2D eigenvalue weighted by atomic mass is 32.1. The normalized spacial score (nSPS) is 13.8. The fourth-order valence-electron chi connectivity index (χ4n) is 3.73. The zero-order valence-electron chi connectivity index (χ0n) is 16.3. The van der Waals surface area contributed by atoms with Gasteiger partial charge in [0.1, 0.15) is 16.4 Å². The molecular weight excluding hydrogens is 374 g/mol. The molecule has 7 heteroatoms. The van der Waals surface area contributed by atoms with Gasteiger partial charge in [-0.1, -0.05) is 12.5 Å². The molecule has 1 amide bonds. The van der Waals surface area contributed by atoms with Crippen molar-refractivity contribution in [1.82, 2.24) is 9.55 Å². The highest BCUT2D eigenvalue weighted by Crippen LogP contribution is 2.31. The molecule has 146 valence electrons. The van der Waals surface area contributed by atoms with Crippen LogP contribution in [-0.4, -0.2) is 22.6 Å². The van der Waals surface area contributed by atoms with Crippen molar-refractivity contribution in [1.29, 1.82) is 0 Å². The zero-order chi connectivity index (χ0) is 19.8. The molecule has 1 aliphatic rings. The summed E-state index contributed by atoms with van der Waals surface area (Å²) in [6.07, 6.45) is 3.96. The molecule has 3 aromatic rings. The Morgan fingerprint density at radius 3 is 2.86 bits per heavy atom. The number of carbonyl (C=O) groups is 1. The second-order valence-electron chi connectivity index (χ2n) is 7.19. The lowest BCUT2D eigenvalue weighted by Crippen LogP contribution is -2.24. The summed E-state index contributed by atoms with van der Waals surface area (Å²) in [5, 5.41) is 3.50. The first-order valence-corrected chi connectivity index (χ1v) is 10.3. The van der Waals surface area contributed by atoms with E-state index in [1.165, 1.54) is 11.3 Å². The molecule has 1 aliphatic heterocycles. The van der Waals surface area contributed by atoms with Crippen LogP contribution in [0.15, 0.2) is 23.0 Å². The van der Waals surface area contributed by atoms with Crippen LogP contribution in [0.25, 0.3) is 10.2 Å². The molecule has 1 N–H and O–H groups in total.